The number of piperidine rings is 1. The maximum absolute atomic E-state index is 12.7. The first-order chi connectivity index (χ1) is 4.34. The van der Waals surface area contributed by atoms with Crippen molar-refractivity contribution >= 4 is 23.0 Å². The van der Waals surface area contributed by atoms with Crippen molar-refractivity contribution in [2.75, 3.05) is 13.1 Å². The number of alkyl halides is 1. The van der Waals surface area contributed by atoms with Crippen molar-refractivity contribution in [1.82, 2.24) is 5.32 Å². The van der Waals surface area contributed by atoms with E-state index >= 15 is 0 Å². The van der Waals surface area contributed by atoms with Crippen molar-refractivity contribution in [3.05, 3.63) is 0 Å². The molecule has 1 rings (SSSR count). The van der Waals surface area contributed by atoms with E-state index in [0.717, 1.165) is 13.0 Å². The Bertz CT molecular complexity index is 93.0. The zero-order valence-electron chi connectivity index (χ0n) is 4.94. The van der Waals surface area contributed by atoms with Gasteiger partial charge in [-0.05, 0) is 13.0 Å². The minimum atomic E-state index is -0.823. The lowest BCUT2D eigenvalue weighted by atomic mass is 10.1. The van der Waals surface area contributed by atoms with Gasteiger partial charge in [0.05, 0.1) is 0 Å². The third-order valence-electron chi connectivity index (χ3n) is 1.46. The van der Waals surface area contributed by atoms with Crippen LogP contribution in [0.15, 0.2) is 0 Å². The summed E-state index contributed by atoms with van der Waals surface area (Å²) in [4.78, 5) is 0. The second-order valence-electron chi connectivity index (χ2n) is 2.14. The van der Waals surface area contributed by atoms with E-state index in [9.17, 15) is 4.39 Å². The Morgan fingerprint density at radius 3 is 2.89 bits per heavy atom. The zero-order valence-corrected chi connectivity index (χ0v) is 7.10. The normalized spacial score (nSPS) is 36.7. The van der Waals surface area contributed by atoms with Gasteiger partial charge in [0.25, 0.3) is 0 Å². The molecule has 1 aliphatic rings. The summed E-state index contributed by atoms with van der Waals surface area (Å²) >= 11 is 1.75. The van der Waals surface area contributed by atoms with E-state index in [2.05, 4.69) is 5.32 Å². The molecule has 1 fully saturated rings. The van der Waals surface area contributed by atoms with Gasteiger partial charge >= 0.3 is 0 Å². The van der Waals surface area contributed by atoms with Crippen molar-refractivity contribution in [3.63, 3.8) is 0 Å². The summed E-state index contributed by atoms with van der Waals surface area (Å²) < 4.78 is 17.5. The SMILES string of the molecule is F[C@@H]1CNCC[C@@H]1OI. The molecule has 2 nitrogen and oxygen atoms in total. The van der Waals surface area contributed by atoms with Crippen LogP contribution in [0, 0.1) is 0 Å². The van der Waals surface area contributed by atoms with Gasteiger partial charge in [-0.1, -0.05) is 0 Å². The second-order valence-corrected chi connectivity index (χ2v) is 2.64. The number of nitrogens with one attached hydrogen (secondary N) is 1. The summed E-state index contributed by atoms with van der Waals surface area (Å²) in [5.41, 5.74) is 0. The predicted molar refractivity (Wildman–Crippen MR) is 41.3 cm³/mol. The van der Waals surface area contributed by atoms with Gasteiger partial charge in [-0.15, -0.1) is 0 Å². The monoisotopic (exact) mass is 245 g/mol. The molecular weight excluding hydrogens is 236 g/mol. The van der Waals surface area contributed by atoms with Gasteiger partial charge in [0.15, 0.2) is 0 Å². The van der Waals surface area contributed by atoms with Gasteiger partial charge < -0.3 is 8.38 Å². The van der Waals surface area contributed by atoms with Crippen molar-refractivity contribution in [2.45, 2.75) is 18.7 Å². The molecule has 0 saturated carbocycles. The number of hydrogen-bond acceptors (Lipinski definition) is 2. The molecule has 9 heavy (non-hydrogen) atoms. The smallest absolute Gasteiger partial charge is 0.140 e. The van der Waals surface area contributed by atoms with Crippen molar-refractivity contribution in [3.8, 4) is 0 Å². The lowest BCUT2D eigenvalue weighted by molar-refractivity contribution is 0.110. The molecule has 1 aliphatic heterocycles. The van der Waals surface area contributed by atoms with Gasteiger partial charge in [-0.3, -0.25) is 0 Å². The third kappa shape index (κ3) is 2.01. The van der Waals surface area contributed by atoms with Crippen LogP contribution >= 0.6 is 23.0 Å². The van der Waals surface area contributed by atoms with E-state index in [1.165, 1.54) is 0 Å². The van der Waals surface area contributed by atoms with Crippen molar-refractivity contribution in [2.24, 2.45) is 0 Å². The van der Waals surface area contributed by atoms with Gasteiger partial charge in [-0.25, -0.2) is 4.39 Å². The highest BCUT2D eigenvalue weighted by Gasteiger charge is 2.24. The molecule has 0 aliphatic carbocycles. The first-order valence-electron chi connectivity index (χ1n) is 2.97. The molecule has 0 bridgehead atoms. The van der Waals surface area contributed by atoms with Crippen LogP contribution in [0.5, 0.6) is 0 Å². The summed E-state index contributed by atoms with van der Waals surface area (Å²) in [6.07, 6.45) is -0.230. The topological polar surface area (TPSA) is 21.3 Å². The second kappa shape index (κ2) is 3.68. The first kappa shape index (κ1) is 7.68. The van der Waals surface area contributed by atoms with Crippen molar-refractivity contribution in [1.29, 1.82) is 0 Å². The van der Waals surface area contributed by atoms with E-state index < -0.39 is 6.17 Å². The summed E-state index contributed by atoms with van der Waals surface area (Å²) in [5, 5.41) is 2.94. The lowest BCUT2D eigenvalue weighted by Crippen LogP contribution is -2.41. The molecule has 4 heteroatoms. The van der Waals surface area contributed by atoms with E-state index in [4.69, 9.17) is 3.07 Å². The molecule has 0 radical (unpaired) electrons. The molecule has 0 amide bonds. The van der Waals surface area contributed by atoms with E-state index in [0.29, 0.717) is 6.54 Å². The molecule has 0 aromatic carbocycles. The Balaban J connectivity index is 2.30. The van der Waals surface area contributed by atoms with Crippen LogP contribution in [0.1, 0.15) is 6.42 Å². The molecule has 0 aromatic rings. The van der Waals surface area contributed by atoms with E-state index in [1.807, 2.05) is 0 Å². The highest BCUT2D eigenvalue weighted by molar-refractivity contribution is 14.1. The Hall–Kier alpha value is 0.580. The Morgan fingerprint density at radius 2 is 2.44 bits per heavy atom. The fourth-order valence-electron chi connectivity index (χ4n) is 0.897. The molecule has 0 unspecified atom stereocenters. The van der Waals surface area contributed by atoms with Crippen LogP contribution in [-0.2, 0) is 3.07 Å². The van der Waals surface area contributed by atoms with Gasteiger partial charge in [0, 0.05) is 6.54 Å². The number of rotatable bonds is 1. The van der Waals surface area contributed by atoms with Crippen LogP contribution in [0.4, 0.5) is 4.39 Å². The Morgan fingerprint density at radius 1 is 1.67 bits per heavy atom. The van der Waals surface area contributed by atoms with E-state index in [-0.39, 0.29) is 6.10 Å². The molecule has 0 aromatic heterocycles. The predicted octanol–water partition coefficient (Wildman–Crippen LogP) is 1.05. The van der Waals surface area contributed by atoms with Gasteiger partial charge in [0.1, 0.15) is 35.3 Å². The fraction of sp³-hybridized carbons (Fsp3) is 1.00. The molecular formula is C5H9FINO. The highest BCUT2D eigenvalue weighted by Crippen LogP contribution is 2.13. The molecule has 1 N–H and O–H groups in total. The third-order valence-corrected chi connectivity index (χ3v) is 2.12. The zero-order chi connectivity index (χ0) is 6.69. The number of hydrogen-bond donors (Lipinski definition) is 1. The first-order valence-corrected chi connectivity index (χ1v) is 3.85. The van der Waals surface area contributed by atoms with Crippen LogP contribution < -0.4 is 5.32 Å². The minimum absolute atomic E-state index is 0.188. The molecule has 54 valence electrons. The summed E-state index contributed by atoms with van der Waals surface area (Å²) in [6, 6.07) is 0. The van der Waals surface area contributed by atoms with Crippen LogP contribution in [0.2, 0.25) is 0 Å². The number of halogens is 2. The fourth-order valence-corrected chi connectivity index (χ4v) is 1.47. The minimum Gasteiger partial charge on any atom is -0.314 e. The van der Waals surface area contributed by atoms with Gasteiger partial charge in [0.2, 0.25) is 0 Å². The standard InChI is InChI=1S/C5H9FINO/c6-4-3-8-2-1-5(4)9-7/h4-5,8H,1-3H2/t4-,5+/m1/s1. The van der Waals surface area contributed by atoms with Gasteiger partial charge in [-0.2, -0.15) is 0 Å². The van der Waals surface area contributed by atoms with Crippen LogP contribution in [0.3, 0.4) is 0 Å². The quantitative estimate of drug-likeness (QED) is 0.697. The van der Waals surface area contributed by atoms with E-state index in [1.54, 1.807) is 23.0 Å². The molecule has 1 saturated heterocycles. The Kier molecular flexibility index (Phi) is 3.14. The van der Waals surface area contributed by atoms with Crippen LogP contribution in [-0.4, -0.2) is 25.4 Å². The Labute approximate surface area is 67.8 Å². The van der Waals surface area contributed by atoms with Crippen molar-refractivity contribution < 1.29 is 7.46 Å². The largest absolute Gasteiger partial charge is 0.314 e. The lowest BCUT2D eigenvalue weighted by Gasteiger charge is -2.23. The summed E-state index contributed by atoms with van der Waals surface area (Å²) in [5.74, 6) is 0. The average molecular weight is 245 g/mol. The summed E-state index contributed by atoms with van der Waals surface area (Å²) in [6.45, 7) is 1.31. The highest BCUT2D eigenvalue weighted by atomic mass is 127. The maximum Gasteiger partial charge on any atom is 0.140 e. The van der Waals surface area contributed by atoms with Crippen LogP contribution in [0.25, 0.3) is 0 Å². The average Bonchev–Trinajstić information content (AvgIpc) is 1.89. The maximum atomic E-state index is 12.7. The molecule has 0 spiro atoms. The molecule has 2 atom stereocenters. The molecule has 1 heterocycles. The summed E-state index contributed by atoms with van der Waals surface area (Å²) in [7, 11) is 0.